The minimum atomic E-state index is -0.438. The number of carbonyl (C=O) groups is 1. The summed E-state index contributed by atoms with van der Waals surface area (Å²) >= 11 is 6.53. The molecule has 40 heavy (non-hydrogen) atoms. The third-order valence-electron chi connectivity index (χ3n) is 7.07. The minimum Gasteiger partial charge on any atom is -0.494 e. The molecule has 0 amide bonds. The molecule has 0 bridgehead atoms. The largest absolute Gasteiger partial charge is 0.494 e. The molecule has 8 heteroatoms. The molecule has 0 N–H and O–H groups in total. The zero-order valence-electron chi connectivity index (χ0n) is 22.7. The monoisotopic (exact) mass is 559 g/mol. The van der Waals surface area contributed by atoms with Crippen LogP contribution < -0.4 is 14.4 Å². The molecule has 1 aromatic heterocycles. The van der Waals surface area contributed by atoms with Gasteiger partial charge < -0.3 is 19.1 Å². The highest BCUT2D eigenvalue weighted by atomic mass is 35.5. The van der Waals surface area contributed by atoms with E-state index in [1.54, 1.807) is 30.3 Å². The molecule has 0 aliphatic carbocycles. The zero-order valence-corrected chi connectivity index (χ0v) is 23.5. The number of pyridine rings is 1. The average molecular weight is 560 g/mol. The molecular weight excluding hydrogens is 526 g/mol. The first-order valence-electron chi connectivity index (χ1n) is 13.7. The maximum absolute atomic E-state index is 12.1. The Morgan fingerprint density at radius 3 is 2.52 bits per heavy atom. The van der Waals surface area contributed by atoms with E-state index < -0.39 is 5.97 Å². The minimum absolute atomic E-state index is 0.211. The molecular formula is C32H34ClN3O4. The Balaban J connectivity index is 1.02. The van der Waals surface area contributed by atoms with Crippen molar-refractivity contribution in [1.82, 2.24) is 9.88 Å². The number of benzene rings is 3. The van der Waals surface area contributed by atoms with E-state index in [0.29, 0.717) is 18.1 Å². The summed E-state index contributed by atoms with van der Waals surface area (Å²) in [6.45, 7) is 7.62. The first kappa shape index (κ1) is 27.7. The summed E-state index contributed by atoms with van der Waals surface area (Å²) in [5.41, 5.74) is 3.51. The van der Waals surface area contributed by atoms with Gasteiger partial charge in [0.1, 0.15) is 5.75 Å². The van der Waals surface area contributed by atoms with Crippen LogP contribution in [-0.2, 0) is 4.74 Å². The number of hydrogen-bond donors (Lipinski definition) is 0. The van der Waals surface area contributed by atoms with Crippen molar-refractivity contribution in [3.8, 4) is 11.6 Å². The third kappa shape index (κ3) is 7.23. The van der Waals surface area contributed by atoms with E-state index in [9.17, 15) is 4.79 Å². The van der Waals surface area contributed by atoms with Crippen LogP contribution in [0, 0.1) is 6.92 Å². The predicted molar refractivity (Wildman–Crippen MR) is 159 cm³/mol. The number of unbranched alkanes of at least 4 members (excludes halogenated alkanes) is 1. The van der Waals surface area contributed by atoms with E-state index in [4.69, 9.17) is 25.8 Å². The SMILES string of the molecule is Cc1cccc(N2CCN(CCCCOc3ccc4ccc(OCOC(=O)c5ccccc5)nc4c3)CC2)c1Cl. The van der Waals surface area contributed by atoms with Gasteiger partial charge in [-0.25, -0.2) is 9.78 Å². The van der Waals surface area contributed by atoms with Gasteiger partial charge in [-0.15, -0.1) is 0 Å². The number of aryl methyl sites for hydroxylation is 1. The van der Waals surface area contributed by atoms with E-state index in [1.807, 2.05) is 30.3 Å². The third-order valence-corrected chi connectivity index (χ3v) is 7.56. The number of carbonyl (C=O) groups excluding carboxylic acids is 1. The Morgan fingerprint density at radius 2 is 1.70 bits per heavy atom. The Bertz CT molecular complexity index is 1420. The van der Waals surface area contributed by atoms with Crippen LogP contribution in [0.4, 0.5) is 5.69 Å². The molecule has 0 atom stereocenters. The summed E-state index contributed by atoms with van der Waals surface area (Å²) in [5, 5.41) is 1.84. The molecule has 0 radical (unpaired) electrons. The second kappa shape index (κ2) is 13.5. The first-order valence-corrected chi connectivity index (χ1v) is 14.1. The molecule has 1 aliphatic heterocycles. The normalized spacial score (nSPS) is 13.8. The summed E-state index contributed by atoms with van der Waals surface area (Å²) in [6.07, 6.45) is 2.06. The van der Waals surface area contributed by atoms with Crippen LogP contribution >= 0.6 is 11.6 Å². The summed E-state index contributed by atoms with van der Waals surface area (Å²) in [4.78, 5) is 21.5. The highest BCUT2D eigenvalue weighted by Gasteiger charge is 2.19. The van der Waals surface area contributed by atoms with E-state index in [1.165, 1.54) is 0 Å². The lowest BCUT2D eigenvalue weighted by Gasteiger charge is -2.36. The number of ether oxygens (including phenoxy) is 3. The molecule has 1 fully saturated rings. The number of aromatic nitrogens is 1. The number of nitrogens with zero attached hydrogens (tertiary/aromatic N) is 3. The van der Waals surface area contributed by atoms with Gasteiger partial charge in [-0.2, -0.15) is 0 Å². The van der Waals surface area contributed by atoms with Gasteiger partial charge in [0.2, 0.25) is 12.7 Å². The van der Waals surface area contributed by atoms with Crippen LogP contribution in [-0.4, -0.2) is 62.0 Å². The van der Waals surface area contributed by atoms with Crippen molar-refractivity contribution in [2.24, 2.45) is 0 Å². The lowest BCUT2D eigenvalue weighted by Crippen LogP contribution is -2.46. The van der Waals surface area contributed by atoms with Crippen molar-refractivity contribution in [1.29, 1.82) is 0 Å². The van der Waals surface area contributed by atoms with E-state index in [0.717, 1.165) is 78.5 Å². The lowest BCUT2D eigenvalue weighted by molar-refractivity contribution is 0.0142. The summed E-state index contributed by atoms with van der Waals surface area (Å²) < 4.78 is 16.7. The van der Waals surface area contributed by atoms with Gasteiger partial charge in [-0.05, 0) is 68.3 Å². The Morgan fingerprint density at radius 1 is 0.900 bits per heavy atom. The smallest absolute Gasteiger partial charge is 0.340 e. The second-order valence-electron chi connectivity index (χ2n) is 9.86. The first-order chi connectivity index (χ1) is 19.6. The molecule has 4 aromatic rings. The summed E-state index contributed by atoms with van der Waals surface area (Å²) in [5.74, 6) is 0.720. The van der Waals surface area contributed by atoms with Crippen molar-refractivity contribution >= 4 is 34.2 Å². The van der Waals surface area contributed by atoms with Gasteiger partial charge in [0.15, 0.2) is 0 Å². The van der Waals surface area contributed by atoms with Crippen molar-refractivity contribution < 1.29 is 19.0 Å². The number of fused-ring (bicyclic) bond motifs is 1. The number of piperazine rings is 1. The summed E-state index contributed by atoms with van der Waals surface area (Å²) in [7, 11) is 0. The quantitative estimate of drug-likeness (QED) is 0.120. The molecule has 7 nitrogen and oxygen atoms in total. The molecule has 0 unspecified atom stereocenters. The highest BCUT2D eigenvalue weighted by molar-refractivity contribution is 6.34. The van der Waals surface area contributed by atoms with Crippen molar-refractivity contribution in [2.75, 3.05) is 51.0 Å². The van der Waals surface area contributed by atoms with Gasteiger partial charge in [-0.1, -0.05) is 41.9 Å². The molecule has 2 heterocycles. The van der Waals surface area contributed by atoms with Crippen molar-refractivity contribution in [2.45, 2.75) is 19.8 Å². The number of anilines is 1. The van der Waals surface area contributed by atoms with Gasteiger partial charge >= 0.3 is 5.97 Å². The molecule has 1 saturated heterocycles. The van der Waals surface area contributed by atoms with Crippen LogP contribution in [0.1, 0.15) is 28.8 Å². The van der Waals surface area contributed by atoms with Gasteiger partial charge in [0, 0.05) is 43.7 Å². The van der Waals surface area contributed by atoms with Crippen LogP contribution in [0.2, 0.25) is 5.02 Å². The Kier molecular flexibility index (Phi) is 9.37. The van der Waals surface area contributed by atoms with Gasteiger partial charge in [-0.3, -0.25) is 4.90 Å². The van der Waals surface area contributed by atoms with Crippen LogP contribution in [0.15, 0.2) is 78.9 Å². The number of esters is 1. The fourth-order valence-electron chi connectivity index (χ4n) is 4.77. The van der Waals surface area contributed by atoms with Crippen LogP contribution in [0.5, 0.6) is 11.6 Å². The number of halogens is 1. The van der Waals surface area contributed by atoms with Crippen LogP contribution in [0.25, 0.3) is 10.9 Å². The fourth-order valence-corrected chi connectivity index (χ4v) is 5.01. The van der Waals surface area contributed by atoms with E-state index in [2.05, 4.69) is 39.9 Å². The Labute approximate surface area is 240 Å². The van der Waals surface area contributed by atoms with E-state index >= 15 is 0 Å². The number of rotatable bonds is 11. The van der Waals surface area contributed by atoms with Crippen molar-refractivity contribution in [3.63, 3.8) is 0 Å². The maximum Gasteiger partial charge on any atom is 0.340 e. The Hall–Kier alpha value is -3.81. The molecule has 0 saturated carbocycles. The molecule has 208 valence electrons. The molecule has 5 rings (SSSR count). The maximum atomic E-state index is 12.1. The standard InChI is InChI=1S/C32H34ClN3O4/c1-24-8-7-11-29(31(24)33)36-19-17-35(18-20-36)16-5-6-21-38-27-14-12-25-13-15-30(34-28(25)22-27)39-23-40-32(37)26-9-3-2-4-10-26/h2-4,7-15,22H,5-6,16-21,23H2,1H3. The second-order valence-corrected chi connectivity index (χ2v) is 10.2. The van der Waals surface area contributed by atoms with E-state index in [-0.39, 0.29) is 6.79 Å². The van der Waals surface area contributed by atoms with Gasteiger partial charge in [0.05, 0.1) is 28.4 Å². The fraction of sp³-hybridized carbons (Fsp3) is 0.312. The zero-order chi connectivity index (χ0) is 27.7. The average Bonchev–Trinajstić information content (AvgIpc) is 2.99. The van der Waals surface area contributed by atoms with Crippen LogP contribution in [0.3, 0.4) is 0 Å². The molecule has 1 aliphatic rings. The van der Waals surface area contributed by atoms with Gasteiger partial charge in [0.25, 0.3) is 0 Å². The predicted octanol–water partition coefficient (Wildman–Crippen LogP) is 6.37. The van der Waals surface area contributed by atoms with Crippen molar-refractivity contribution in [3.05, 3.63) is 95.0 Å². The number of hydrogen-bond acceptors (Lipinski definition) is 7. The molecule has 3 aromatic carbocycles. The molecule has 0 spiro atoms. The highest BCUT2D eigenvalue weighted by Crippen LogP contribution is 2.29. The lowest BCUT2D eigenvalue weighted by atomic mass is 10.2. The topological polar surface area (TPSA) is 64.1 Å². The summed E-state index contributed by atoms with van der Waals surface area (Å²) in [6, 6.07) is 24.6.